The normalized spacial score (nSPS) is 12.4. The number of alkyl carbamates (subject to hydrolysis) is 1. The van der Waals surface area contributed by atoms with E-state index in [-0.39, 0.29) is 13.5 Å². The first-order valence-corrected chi connectivity index (χ1v) is 7.22. The van der Waals surface area contributed by atoms with Crippen LogP contribution in [0.25, 0.3) is 0 Å². The van der Waals surface area contributed by atoms with E-state index < -0.39 is 23.7 Å². The van der Waals surface area contributed by atoms with Crippen LogP contribution in [-0.2, 0) is 20.7 Å². The number of benzene rings is 1. The Bertz CT molecular complexity index is 664. The summed E-state index contributed by atoms with van der Waals surface area (Å²) in [4.78, 5) is 23.9. The van der Waals surface area contributed by atoms with E-state index in [1.165, 1.54) is 13.2 Å². The van der Waals surface area contributed by atoms with Crippen LogP contribution in [0, 0.1) is 11.3 Å². The van der Waals surface area contributed by atoms with E-state index in [1.807, 2.05) is 6.07 Å². The molecule has 0 saturated heterocycles. The van der Waals surface area contributed by atoms with Gasteiger partial charge in [0, 0.05) is 6.42 Å². The Morgan fingerprint density at radius 2 is 2.12 bits per heavy atom. The lowest BCUT2D eigenvalue weighted by molar-refractivity contribution is -0.143. The lowest BCUT2D eigenvalue weighted by Crippen LogP contribution is -2.45. The topological polar surface area (TPSA) is 97.6 Å². The highest BCUT2D eigenvalue weighted by Gasteiger charge is 2.26. The predicted molar refractivity (Wildman–Crippen MR) is 86.6 cm³/mol. The molecule has 1 aromatic rings. The second kappa shape index (κ2) is 8.20. The highest BCUT2D eigenvalue weighted by atomic mass is 16.6. The van der Waals surface area contributed by atoms with E-state index in [1.54, 1.807) is 32.9 Å². The van der Waals surface area contributed by atoms with Gasteiger partial charge in [0.05, 0.1) is 27.2 Å². The van der Waals surface area contributed by atoms with Crippen LogP contribution < -0.4 is 10.1 Å². The molecule has 0 fully saturated rings. The molecular formula is C17H22N2O5. The van der Waals surface area contributed by atoms with Gasteiger partial charge in [0.25, 0.3) is 0 Å². The summed E-state index contributed by atoms with van der Waals surface area (Å²) in [6, 6.07) is 5.63. The van der Waals surface area contributed by atoms with E-state index >= 15 is 0 Å². The Morgan fingerprint density at radius 1 is 1.42 bits per heavy atom. The molecular weight excluding hydrogens is 312 g/mol. The summed E-state index contributed by atoms with van der Waals surface area (Å²) in [7, 11) is 0.871. The van der Waals surface area contributed by atoms with Crippen LogP contribution in [0.15, 0.2) is 18.2 Å². The van der Waals surface area contributed by atoms with E-state index in [2.05, 4.69) is 5.32 Å². The van der Waals surface area contributed by atoms with Gasteiger partial charge in [-0.15, -0.1) is 0 Å². The summed E-state index contributed by atoms with van der Waals surface area (Å²) in [5.74, 6) is -0.346. The second-order valence-corrected chi connectivity index (χ2v) is 6.00. The number of rotatable bonds is 5. The van der Waals surface area contributed by atoms with Crippen molar-refractivity contribution in [2.75, 3.05) is 14.2 Å². The zero-order chi connectivity index (χ0) is 19.0. The van der Waals surface area contributed by atoms with E-state index in [4.69, 9.17) is 20.8 Å². The molecule has 0 aliphatic carbocycles. The fourth-order valence-electron chi connectivity index (χ4n) is 1.93. The quantitative estimate of drug-likeness (QED) is 0.828. The molecule has 1 rings (SSSR count). The molecule has 1 amide bonds. The Balaban J connectivity index is 3.01. The molecule has 0 aliphatic rings. The number of carbonyl (C=O) groups is 2. The Labute approximate surface area is 142 Å². The van der Waals surface area contributed by atoms with E-state index in [9.17, 15) is 9.59 Å². The Morgan fingerprint density at radius 3 is 2.67 bits per heavy atom. The predicted octanol–water partition coefficient (Wildman–Crippen LogP) is 2.18. The first kappa shape index (κ1) is 17.6. The lowest BCUT2D eigenvalue weighted by Gasteiger charge is -2.23. The Kier molecular flexibility index (Phi) is 6.01. The van der Waals surface area contributed by atoms with Crippen molar-refractivity contribution in [2.45, 2.75) is 38.8 Å². The molecule has 130 valence electrons. The van der Waals surface area contributed by atoms with Crippen molar-refractivity contribution in [3.8, 4) is 11.8 Å². The standard InChI is InChI=1S/C17H22N2O5/c1-17(2,3)24-16(21)19-13(15(20)23-5)9-12-7-6-11(10-18)8-14(12)22-4/h6-8,13H,9H2,1-5H3,(H,19,21)/t13-/m0/s1/i4D. The molecule has 24 heavy (non-hydrogen) atoms. The number of hydrogen-bond acceptors (Lipinski definition) is 6. The highest BCUT2D eigenvalue weighted by Crippen LogP contribution is 2.22. The maximum atomic E-state index is 12.0. The molecule has 0 bridgehead atoms. The van der Waals surface area contributed by atoms with Crippen molar-refractivity contribution in [3.05, 3.63) is 29.3 Å². The van der Waals surface area contributed by atoms with Gasteiger partial charge in [-0.05, 0) is 38.5 Å². The molecule has 0 unspecified atom stereocenters. The molecule has 1 atom stereocenters. The average molecular weight is 335 g/mol. The maximum absolute atomic E-state index is 12.0. The van der Waals surface area contributed by atoms with Gasteiger partial charge >= 0.3 is 12.1 Å². The van der Waals surface area contributed by atoms with Crippen LogP contribution >= 0.6 is 0 Å². The number of amides is 1. The first-order valence-electron chi connectivity index (χ1n) is 7.93. The van der Waals surface area contributed by atoms with E-state index in [0.717, 1.165) is 0 Å². The van der Waals surface area contributed by atoms with Crippen LogP contribution in [0.4, 0.5) is 4.79 Å². The van der Waals surface area contributed by atoms with Crippen LogP contribution in [0.2, 0.25) is 0 Å². The molecule has 1 aromatic carbocycles. The summed E-state index contributed by atoms with van der Waals surface area (Å²) >= 11 is 0. The summed E-state index contributed by atoms with van der Waals surface area (Å²) in [5.41, 5.74) is 0.207. The fourth-order valence-corrected chi connectivity index (χ4v) is 1.93. The number of hydrogen-bond donors (Lipinski definition) is 1. The molecule has 0 aliphatic heterocycles. The van der Waals surface area contributed by atoms with Gasteiger partial charge in [-0.25, -0.2) is 9.59 Å². The first-order chi connectivity index (χ1) is 11.7. The smallest absolute Gasteiger partial charge is 0.408 e. The van der Waals surface area contributed by atoms with Gasteiger partial charge in [0.15, 0.2) is 0 Å². The largest absolute Gasteiger partial charge is 0.496 e. The average Bonchev–Trinajstić information content (AvgIpc) is 2.53. The SMILES string of the molecule is [2H]COc1cc(C#N)ccc1C[C@H](NC(=O)OC(C)(C)C)C(=O)OC. The van der Waals surface area contributed by atoms with Crippen molar-refractivity contribution in [2.24, 2.45) is 0 Å². The molecule has 0 radical (unpaired) electrons. The van der Waals surface area contributed by atoms with Gasteiger partial charge in [-0.3, -0.25) is 0 Å². The second-order valence-electron chi connectivity index (χ2n) is 6.00. The Hall–Kier alpha value is -2.75. The van der Waals surface area contributed by atoms with Crippen LogP contribution in [0.3, 0.4) is 0 Å². The molecule has 7 heteroatoms. The molecule has 0 aromatic heterocycles. The van der Waals surface area contributed by atoms with Gasteiger partial charge in [0.1, 0.15) is 17.4 Å². The number of nitriles is 1. The molecule has 0 spiro atoms. The van der Waals surface area contributed by atoms with Crippen molar-refractivity contribution >= 4 is 12.1 Å². The summed E-state index contributed by atoms with van der Waals surface area (Å²) in [6.07, 6.45) is -0.688. The number of nitrogens with one attached hydrogen (secondary N) is 1. The van der Waals surface area contributed by atoms with Gasteiger partial charge in [-0.1, -0.05) is 6.07 Å². The minimum absolute atomic E-state index is 0.0625. The third-order valence-corrected chi connectivity index (χ3v) is 2.95. The fraction of sp³-hybridized carbons (Fsp3) is 0.471. The van der Waals surface area contributed by atoms with Crippen molar-refractivity contribution in [3.63, 3.8) is 0 Å². The third-order valence-electron chi connectivity index (χ3n) is 2.95. The van der Waals surface area contributed by atoms with Crippen LogP contribution in [-0.4, -0.2) is 37.9 Å². The minimum atomic E-state index is -0.999. The minimum Gasteiger partial charge on any atom is -0.496 e. The van der Waals surface area contributed by atoms with Crippen molar-refractivity contribution in [1.29, 1.82) is 5.26 Å². The van der Waals surface area contributed by atoms with Crippen molar-refractivity contribution < 1.29 is 25.2 Å². The summed E-state index contributed by atoms with van der Waals surface area (Å²) in [6.45, 7) is 5.13. The lowest BCUT2D eigenvalue weighted by atomic mass is 10.0. The molecule has 7 nitrogen and oxygen atoms in total. The highest BCUT2D eigenvalue weighted by molar-refractivity contribution is 5.81. The maximum Gasteiger partial charge on any atom is 0.408 e. The number of carbonyl (C=O) groups excluding carboxylic acids is 2. The number of methoxy groups -OCH3 is 2. The molecule has 0 saturated carbocycles. The van der Waals surface area contributed by atoms with Crippen molar-refractivity contribution in [1.82, 2.24) is 5.32 Å². The number of esters is 1. The van der Waals surface area contributed by atoms with Crippen LogP contribution in [0.5, 0.6) is 5.75 Å². The zero-order valence-electron chi connectivity index (χ0n) is 15.2. The van der Waals surface area contributed by atoms with E-state index in [0.29, 0.717) is 16.9 Å². The summed E-state index contributed by atoms with van der Waals surface area (Å²) in [5, 5.41) is 11.4. The van der Waals surface area contributed by atoms with Gasteiger partial charge in [0.2, 0.25) is 0 Å². The zero-order valence-corrected chi connectivity index (χ0v) is 14.2. The number of nitrogens with zero attached hydrogens (tertiary/aromatic N) is 1. The monoisotopic (exact) mass is 335 g/mol. The van der Waals surface area contributed by atoms with Gasteiger partial charge in [-0.2, -0.15) is 5.26 Å². The summed E-state index contributed by atoms with van der Waals surface area (Å²) < 4.78 is 22.3. The number of ether oxygens (including phenoxy) is 3. The third kappa shape index (κ3) is 5.80. The van der Waals surface area contributed by atoms with Gasteiger partial charge < -0.3 is 19.5 Å². The molecule has 1 N–H and O–H groups in total. The molecule has 0 heterocycles. The van der Waals surface area contributed by atoms with Crippen LogP contribution in [0.1, 0.15) is 33.3 Å².